The molecule has 0 unspecified atom stereocenters. The van der Waals surface area contributed by atoms with E-state index < -0.39 is 8.80 Å². The first-order valence-corrected chi connectivity index (χ1v) is 11.4. The Morgan fingerprint density at radius 2 is 1.48 bits per heavy atom. The van der Waals surface area contributed by atoms with Crippen LogP contribution in [0.25, 0.3) is 0 Å². The van der Waals surface area contributed by atoms with Gasteiger partial charge in [-0.25, -0.2) is 0 Å². The van der Waals surface area contributed by atoms with Crippen LogP contribution in [0.2, 0.25) is 16.1 Å². The van der Waals surface area contributed by atoms with E-state index in [2.05, 4.69) is 11.5 Å². The summed E-state index contributed by atoms with van der Waals surface area (Å²) >= 11 is 12.3. The predicted octanol–water partition coefficient (Wildman–Crippen LogP) is 4.00. The number of halogens is 2. The summed E-state index contributed by atoms with van der Waals surface area (Å²) < 4.78 is 17.5. The van der Waals surface area contributed by atoms with Gasteiger partial charge in [-0.05, 0) is 39.2 Å². The van der Waals surface area contributed by atoms with E-state index >= 15 is 0 Å². The van der Waals surface area contributed by atoms with Gasteiger partial charge in [0.2, 0.25) is 0 Å². The van der Waals surface area contributed by atoms with Crippen molar-refractivity contribution in [2.45, 2.75) is 39.7 Å². The van der Waals surface area contributed by atoms with Crippen molar-refractivity contribution < 1.29 is 13.3 Å². The molecule has 1 rings (SSSR count). The zero-order valence-corrected chi connectivity index (χ0v) is 18.2. The van der Waals surface area contributed by atoms with Crippen molar-refractivity contribution in [3.63, 3.8) is 0 Å². The molecule has 1 aromatic rings. The van der Waals surface area contributed by atoms with Gasteiger partial charge >= 0.3 is 8.80 Å². The number of nitrogen functional groups attached to an aromatic ring is 1. The molecule has 10 heteroatoms. The van der Waals surface area contributed by atoms with E-state index in [-0.39, 0.29) is 26.9 Å². The minimum absolute atomic E-state index is 0.0534. The maximum atomic E-state index is 9.56. The van der Waals surface area contributed by atoms with Gasteiger partial charge in [0.15, 0.2) is 0 Å². The van der Waals surface area contributed by atoms with Crippen LogP contribution in [0.1, 0.15) is 43.9 Å². The Labute approximate surface area is 171 Å². The van der Waals surface area contributed by atoms with Crippen LogP contribution in [0.4, 0.5) is 5.69 Å². The second kappa shape index (κ2) is 11.5. The summed E-state index contributed by atoms with van der Waals surface area (Å²) in [6.07, 6.45) is 0.983. The van der Waals surface area contributed by atoms with Crippen molar-refractivity contribution >= 4 is 37.7 Å². The van der Waals surface area contributed by atoms with E-state index in [1.807, 2.05) is 26.8 Å². The maximum Gasteiger partial charge on any atom is 0.500 e. The molecule has 0 aromatic heterocycles. The van der Waals surface area contributed by atoms with Gasteiger partial charge in [-0.3, -0.25) is 5.84 Å². The molecule has 0 saturated carbocycles. The van der Waals surface area contributed by atoms with Gasteiger partial charge in [0.25, 0.3) is 0 Å². The third kappa shape index (κ3) is 5.56. The average Bonchev–Trinajstić information content (AvgIpc) is 2.65. The Kier molecular flexibility index (Phi) is 10.1. The van der Waals surface area contributed by atoms with Gasteiger partial charge in [-0.2, -0.15) is 10.5 Å². The zero-order chi connectivity index (χ0) is 20.4. The van der Waals surface area contributed by atoms with Crippen molar-refractivity contribution in [3.05, 3.63) is 26.7 Å². The summed E-state index contributed by atoms with van der Waals surface area (Å²) in [7, 11) is -2.82. The summed E-state index contributed by atoms with van der Waals surface area (Å²) in [6, 6.07) is 4.64. The summed E-state index contributed by atoms with van der Waals surface area (Å²) in [5.41, 5.74) is 3.49. The minimum Gasteiger partial charge on any atom is -0.374 e. The number of nitrogens with two attached hydrogens (primary N) is 1. The lowest BCUT2D eigenvalue weighted by molar-refractivity contribution is 0.0708. The highest BCUT2D eigenvalue weighted by Crippen LogP contribution is 2.39. The number of nitrogens with one attached hydrogen (secondary N) is 1. The average molecular weight is 431 g/mol. The van der Waals surface area contributed by atoms with Gasteiger partial charge in [0.1, 0.15) is 12.1 Å². The molecule has 0 saturated heterocycles. The minimum atomic E-state index is -2.82. The highest BCUT2D eigenvalue weighted by molar-refractivity contribution is 6.60. The molecule has 0 aliphatic carbocycles. The maximum absolute atomic E-state index is 9.56. The molecule has 1 aromatic carbocycles. The van der Waals surface area contributed by atoms with E-state index in [4.69, 9.17) is 42.3 Å². The number of hydrogen-bond donors (Lipinski definition) is 2. The van der Waals surface area contributed by atoms with Crippen molar-refractivity contribution in [3.8, 4) is 12.1 Å². The second-order valence-corrected chi connectivity index (χ2v) is 8.92. The SMILES string of the molecule is CCO[Si](CCCc1c(C#N)c(Cl)c(Cl)c(NN)c1C#N)(OCC)OCC. The van der Waals surface area contributed by atoms with E-state index in [0.29, 0.717) is 44.3 Å². The zero-order valence-electron chi connectivity index (χ0n) is 15.7. The Morgan fingerprint density at radius 3 is 1.89 bits per heavy atom. The molecule has 0 radical (unpaired) electrons. The largest absolute Gasteiger partial charge is 0.500 e. The number of rotatable bonds is 11. The molecule has 7 nitrogen and oxygen atoms in total. The third-order valence-corrected chi connectivity index (χ3v) is 7.86. The fraction of sp³-hybridized carbons (Fsp3) is 0.529. The molecule has 0 atom stereocenters. The highest BCUT2D eigenvalue weighted by atomic mass is 35.5. The van der Waals surface area contributed by atoms with Gasteiger partial charge in [-0.15, -0.1) is 0 Å². The lowest BCUT2D eigenvalue weighted by atomic mass is 9.96. The summed E-state index contributed by atoms with van der Waals surface area (Å²) in [6.45, 7) is 7.10. The molecular weight excluding hydrogens is 407 g/mol. The third-order valence-electron chi connectivity index (χ3n) is 3.86. The van der Waals surface area contributed by atoms with Crippen molar-refractivity contribution in [1.82, 2.24) is 0 Å². The Hall–Kier alpha value is -1.36. The topological polar surface area (TPSA) is 113 Å². The molecule has 0 aliphatic rings. The Morgan fingerprint density at radius 1 is 0.963 bits per heavy atom. The van der Waals surface area contributed by atoms with Crippen molar-refractivity contribution in [2.24, 2.45) is 5.84 Å². The van der Waals surface area contributed by atoms with Crippen LogP contribution in [0, 0.1) is 22.7 Å². The smallest absolute Gasteiger partial charge is 0.374 e. The summed E-state index contributed by atoms with van der Waals surface area (Å²) in [5, 5.41) is 19.2. The standard InChI is InChI=1S/C17H24Cl2N4O3Si/c1-4-24-27(25-5-2,26-6-3)9-7-8-12-13(10-20)15(18)16(19)17(23-22)14(12)11-21/h23H,4-9,22H2,1-3H3. The number of anilines is 1. The molecule has 27 heavy (non-hydrogen) atoms. The Bertz CT molecular complexity index is 718. The summed E-state index contributed by atoms with van der Waals surface area (Å²) in [5.74, 6) is 5.49. The van der Waals surface area contributed by atoms with Crippen LogP contribution in [-0.4, -0.2) is 28.6 Å². The molecule has 0 aliphatic heterocycles. The lowest BCUT2D eigenvalue weighted by Gasteiger charge is -2.28. The van der Waals surface area contributed by atoms with Crippen LogP contribution in [0.15, 0.2) is 0 Å². The first-order valence-electron chi connectivity index (χ1n) is 8.67. The molecule has 148 valence electrons. The quantitative estimate of drug-likeness (QED) is 0.309. The van der Waals surface area contributed by atoms with Gasteiger partial charge in [0, 0.05) is 25.9 Å². The first-order chi connectivity index (χ1) is 12.9. The number of nitriles is 2. The van der Waals surface area contributed by atoms with E-state index in [1.165, 1.54) is 0 Å². The number of hydrazine groups is 1. The molecule has 0 spiro atoms. The molecule has 0 heterocycles. The second-order valence-electron chi connectivity index (χ2n) is 5.44. The highest BCUT2D eigenvalue weighted by Gasteiger charge is 2.39. The normalized spacial score (nSPS) is 11.1. The van der Waals surface area contributed by atoms with Gasteiger partial charge < -0.3 is 18.7 Å². The Balaban J connectivity index is 3.20. The van der Waals surface area contributed by atoms with Crippen LogP contribution in [0.3, 0.4) is 0 Å². The fourth-order valence-electron chi connectivity index (χ4n) is 2.85. The lowest BCUT2D eigenvalue weighted by Crippen LogP contribution is -2.46. The predicted molar refractivity (Wildman–Crippen MR) is 107 cm³/mol. The number of benzene rings is 1. The van der Waals surface area contributed by atoms with Gasteiger partial charge in [-0.1, -0.05) is 23.2 Å². The summed E-state index contributed by atoms with van der Waals surface area (Å²) in [4.78, 5) is 0. The van der Waals surface area contributed by atoms with Crippen LogP contribution >= 0.6 is 23.2 Å². The molecule has 0 fully saturated rings. The van der Waals surface area contributed by atoms with Crippen molar-refractivity contribution in [2.75, 3.05) is 25.2 Å². The van der Waals surface area contributed by atoms with Crippen LogP contribution in [0.5, 0.6) is 0 Å². The van der Waals surface area contributed by atoms with Crippen LogP contribution in [-0.2, 0) is 19.7 Å². The van der Waals surface area contributed by atoms with E-state index in [1.54, 1.807) is 0 Å². The van der Waals surface area contributed by atoms with E-state index in [0.717, 1.165) is 0 Å². The monoisotopic (exact) mass is 430 g/mol. The van der Waals surface area contributed by atoms with Crippen molar-refractivity contribution in [1.29, 1.82) is 10.5 Å². The number of hydrogen-bond acceptors (Lipinski definition) is 7. The number of nitrogens with zero attached hydrogens (tertiary/aromatic N) is 2. The molecular formula is C17H24Cl2N4O3Si. The van der Waals surface area contributed by atoms with Crippen LogP contribution < -0.4 is 11.3 Å². The van der Waals surface area contributed by atoms with E-state index in [9.17, 15) is 10.5 Å². The molecule has 0 bridgehead atoms. The van der Waals surface area contributed by atoms with Gasteiger partial charge in [0.05, 0.1) is 26.9 Å². The molecule has 0 amide bonds. The fourth-order valence-corrected chi connectivity index (χ4v) is 5.95. The first kappa shape index (κ1) is 23.7. The molecule has 3 N–H and O–H groups in total.